The summed E-state index contributed by atoms with van der Waals surface area (Å²) in [6.07, 6.45) is 0.612. The lowest BCUT2D eigenvalue weighted by Crippen LogP contribution is -2.26. The molecule has 1 aliphatic rings. The van der Waals surface area contributed by atoms with Gasteiger partial charge in [0.15, 0.2) is 0 Å². The fourth-order valence-corrected chi connectivity index (χ4v) is 1.05. The van der Waals surface area contributed by atoms with Crippen LogP contribution in [0.15, 0.2) is 0 Å². The summed E-state index contributed by atoms with van der Waals surface area (Å²) in [7, 11) is 0. The molecule has 3 nitrogen and oxygen atoms in total. The van der Waals surface area contributed by atoms with Crippen LogP contribution in [-0.2, 0) is 0 Å². The molecular weight excluding hydrogens is 140 g/mol. The van der Waals surface area contributed by atoms with Crippen LogP contribution in [0.25, 0.3) is 0 Å². The Bertz CT molecular complexity index is 125. The topological polar surface area (TPSA) is 47.3 Å². The SMILES string of the molecule is CC.CC(=N)N1CCC(O)C1. The maximum Gasteiger partial charge on any atom is 0.0926 e. The molecule has 1 atom stereocenters. The summed E-state index contributed by atoms with van der Waals surface area (Å²) in [5.74, 6) is 0.562. The molecule has 3 heteroatoms. The van der Waals surface area contributed by atoms with Crippen molar-refractivity contribution in [3.63, 3.8) is 0 Å². The number of aliphatic hydroxyl groups excluding tert-OH is 1. The third kappa shape index (κ3) is 3.37. The average molecular weight is 158 g/mol. The first-order valence-corrected chi connectivity index (χ1v) is 4.18. The summed E-state index contributed by atoms with van der Waals surface area (Å²) in [6.45, 7) is 7.24. The molecule has 2 N–H and O–H groups in total. The molecule has 0 aromatic carbocycles. The predicted molar refractivity (Wildman–Crippen MR) is 46.9 cm³/mol. The van der Waals surface area contributed by atoms with E-state index in [0.29, 0.717) is 12.4 Å². The van der Waals surface area contributed by atoms with Gasteiger partial charge in [0.1, 0.15) is 0 Å². The molecule has 1 unspecified atom stereocenters. The van der Waals surface area contributed by atoms with Crippen LogP contribution < -0.4 is 0 Å². The van der Waals surface area contributed by atoms with E-state index in [-0.39, 0.29) is 6.10 Å². The Balaban J connectivity index is 0.000000461. The monoisotopic (exact) mass is 158 g/mol. The van der Waals surface area contributed by atoms with Gasteiger partial charge < -0.3 is 10.0 Å². The zero-order valence-electron chi connectivity index (χ0n) is 7.59. The molecule has 1 saturated heterocycles. The number of amidine groups is 1. The van der Waals surface area contributed by atoms with Crippen molar-refractivity contribution in [2.45, 2.75) is 33.3 Å². The van der Waals surface area contributed by atoms with E-state index in [1.807, 2.05) is 18.7 Å². The molecule has 11 heavy (non-hydrogen) atoms. The predicted octanol–water partition coefficient (Wildman–Crippen LogP) is 1.08. The van der Waals surface area contributed by atoms with Crippen molar-refractivity contribution in [3.8, 4) is 0 Å². The van der Waals surface area contributed by atoms with E-state index in [9.17, 15) is 0 Å². The highest BCUT2D eigenvalue weighted by molar-refractivity contribution is 5.76. The molecular formula is C8H18N2O. The van der Waals surface area contributed by atoms with Crippen molar-refractivity contribution >= 4 is 5.84 Å². The number of hydrogen-bond acceptors (Lipinski definition) is 2. The van der Waals surface area contributed by atoms with Crippen molar-refractivity contribution < 1.29 is 5.11 Å². The number of aliphatic hydroxyl groups is 1. The zero-order chi connectivity index (χ0) is 8.85. The minimum absolute atomic E-state index is 0.203. The van der Waals surface area contributed by atoms with E-state index in [0.717, 1.165) is 13.0 Å². The van der Waals surface area contributed by atoms with Crippen LogP contribution in [0.2, 0.25) is 0 Å². The number of β-amino-alcohol motifs (C(OH)–C–C–N with tert-alkyl or cyclic N) is 1. The van der Waals surface area contributed by atoms with Gasteiger partial charge in [-0.3, -0.25) is 5.41 Å². The van der Waals surface area contributed by atoms with E-state index in [4.69, 9.17) is 10.5 Å². The highest BCUT2D eigenvalue weighted by atomic mass is 16.3. The maximum atomic E-state index is 9.01. The van der Waals surface area contributed by atoms with Crippen LogP contribution in [0.5, 0.6) is 0 Å². The summed E-state index contributed by atoms with van der Waals surface area (Å²) < 4.78 is 0. The summed E-state index contributed by atoms with van der Waals surface area (Å²) in [6, 6.07) is 0. The third-order valence-corrected chi connectivity index (χ3v) is 1.64. The number of nitrogens with zero attached hydrogens (tertiary/aromatic N) is 1. The first-order valence-electron chi connectivity index (χ1n) is 4.18. The number of hydrogen-bond donors (Lipinski definition) is 2. The van der Waals surface area contributed by atoms with Crippen molar-refractivity contribution in [1.29, 1.82) is 5.41 Å². The quantitative estimate of drug-likeness (QED) is 0.409. The van der Waals surface area contributed by atoms with Gasteiger partial charge >= 0.3 is 0 Å². The van der Waals surface area contributed by atoms with Crippen LogP contribution >= 0.6 is 0 Å². The molecule has 0 aromatic heterocycles. The van der Waals surface area contributed by atoms with Gasteiger partial charge in [-0.1, -0.05) is 13.8 Å². The van der Waals surface area contributed by atoms with Crippen LogP contribution in [0.3, 0.4) is 0 Å². The van der Waals surface area contributed by atoms with Gasteiger partial charge in [-0.15, -0.1) is 0 Å². The Kier molecular flexibility index (Phi) is 4.86. The van der Waals surface area contributed by atoms with Crippen molar-refractivity contribution in [2.24, 2.45) is 0 Å². The fourth-order valence-electron chi connectivity index (χ4n) is 1.05. The smallest absolute Gasteiger partial charge is 0.0926 e. The maximum absolute atomic E-state index is 9.01. The van der Waals surface area contributed by atoms with Crippen molar-refractivity contribution in [2.75, 3.05) is 13.1 Å². The standard InChI is InChI=1S/C6H12N2O.C2H6/c1-5(7)8-3-2-6(9)4-8;1-2/h6-7,9H,2-4H2,1H3;1-2H3. The lowest BCUT2D eigenvalue weighted by molar-refractivity contribution is 0.188. The lowest BCUT2D eigenvalue weighted by atomic mass is 10.3. The fraction of sp³-hybridized carbons (Fsp3) is 0.875. The van der Waals surface area contributed by atoms with E-state index >= 15 is 0 Å². The zero-order valence-corrected chi connectivity index (χ0v) is 7.59. The molecule has 66 valence electrons. The van der Waals surface area contributed by atoms with Crippen LogP contribution in [0.1, 0.15) is 27.2 Å². The van der Waals surface area contributed by atoms with Gasteiger partial charge in [-0.05, 0) is 13.3 Å². The number of rotatable bonds is 0. The highest BCUT2D eigenvalue weighted by Crippen LogP contribution is 2.07. The van der Waals surface area contributed by atoms with E-state index in [1.165, 1.54) is 0 Å². The van der Waals surface area contributed by atoms with Crippen molar-refractivity contribution in [3.05, 3.63) is 0 Å². The molecule has 1 aliphatic heterocycles. The Morgan fingerprint density at radius 3 is 2.27 bits per heavy atom. The van der Waals surface area contributed by atoms with E-state index in [2.05, 4.69) is 0 Å². The van der Waals surface area contributed by atoms with Gasteiger partial charge in [0.05, 0.1) is 11.9 Å². The van der Waals surface area contributed by atoms with Crippen LogP contribution in [0.4, 0.5) is 0 Å². The second-order valence-electron chi connectivity index (χ2n) is 2.47. The summed E-state index contributed by atoms with van der Waals surface area (Å²) in [4.78, 5) is 1.88. The van der Waals surface area contributed by atoms with Gasteiger partial charge in [-0.25, -0.2) is 0 Å². The molecule has 1 fully saturated rings. The van der Waals surface area contributed by atoms with Crippen molar-refractivity contribution in [1.82, 2.24) is 4.90 Å². The highest BCUT2D eigenvalue weighted by Gasteiger charge is 2.19. The third-order valence-electron chi connectivity index (χ3n) is 1.64. The molecule has 0 amide bonds. The van der Waals surface area contributed by atoms with E-state index in [1.54, 1.807) is 6.92 Å². The molecule has 0 bridgehead atoms. The Labute approximate surface area is 68.5 Å². The van der Waals surface area contributed by atoms with E-state index < -0.39 is 0 Å². The Hall–Kier alpha value is -0.570. The largest absolute Gasteiger partial charge is 0.391 e. The van der Waals surface area contributed by atoms with Gasteiger partial charge in [0.2, 0.25) is 0 Å². The summed E-state index contributed by atoms with van der Waals surface area (Å²) in [5.41, 5.74) is 0. The van der Waals surface area contributed by atoms with Gasteiger partial charge in [-0.2, -0.15) is 0 Å². The average Bonchev–Trinajstić information content (AvgIpc) is 2.40. The second kappa shape index (κ2) is 5.13. The summed E-state index contributed by atoms with van der Waals surface area (Å²) in [5, 5.41) is 16.2. The number of likely N-dealkylation sites (tertiary alicyclic amines) is 1. The summed E-state index contributed by atoms with van der Waals surface area (Å²) >= 11 is 0. The first-order chi connectivity index (χ1) is 5.20. The minimum atomic E-state index is -0.203. The molecule has 0 radical (unpaired) electrons. The molecule has 0 saturated carbocycles. The molecule has 0 aromatic rings. The number of nitrogens with one attached hydrogen (secondary N) is 1. The normalized spacial score (nSPS) is 22.5. The molecule has 1 rings (SSSR count). The Morgan fingerprint density at radius 2 is 2.09 bits per heavy atom. The van der Waals surface area contributed by atoms with Gasteiger partial charge in [0.25, 0.3) is 0 Å². The Morgan fingerprint density at radius 1 is 1.55 bits per heavy atom. The van der Waals surface area contributed by atoms with Crippen LogP contribution in [-0.4, -0.2) is 35.0 Å². The lowest BCUT2D eigenvalue weighted by Gasteiger charge is -2.14. The molecule has 0 spiro atoms. The van der Waals surface area contributed by atoms with Crippen LogP contribution in [0, 0.1) is 5.41 Å². The minimum Gasteiger partial charge on any atom is -0.391 e. The van der Waals surface area contributed by atoms with Gasteiger partial charge in [0, 0.05) is 13.1 Å². The first kappa shape index (κ1) is 10.4. The molecule has 0 aliphatic carbocycles. The molecule has 1 heterocycles. The second-order valence-corrected chi connectivity index (χ2v) is 2.47.